The molecule has 0 radical (unpaired) electrons. The van der Waals surface area contributed by atoms with Crippen LogP contribution in [0.5, 0.6) is 0 Å². The van der Waals surface area contributed by atoms with Crippen LogP contribution in [0.15, 0.2) is 52.9 Å². The molecule has 2 N–H and O–H groups in total. The summed E-state index contributed by atoms with van der Waals surface area (Å²) < 4.78 is 61.0. The van der Waals surface area contributed by atoms with Crippen molar-refractivity contribution in [2.24, 2.45) is 0 Å². The van der Waals surface area contributed by atoms with Crippen LogP contribution in [-0.4, -0.2) is 66.2 Å². The molecule has 1 aliphatic rings. The van der Waals surface area contributed by atoms with E-state index in [0.717, 1.165) is 16.9 Å². The highest BCUT2D eigenvalue weighted by atomic mass is 35.5. The fraction of sp³-hybridized carbons (Fsp3) is 0.333. The average molecular weight is 685 g/mol. The molecule has 0 atom stereocenters. The lowest BCUT2D eigenvalue weighted by molar-refractivity contribution is -0.126. The van der Waals surface area contributed by atoms with E-state index >= 15 is 8.78 Å². The number of rotatable bonds is 7. The molecule has 1 saturated heterocycles. The number of amides is 1. The highest BCUT2D eigenvalue weighted by Gasteiger charge is 2.35. The van der Waals surface area contributed by atoms with Crippen LogP contribution in [0.1, 0.15) is 50.9 Å². The van der Waals surface area contributed by atoms with Gasteiger partial charge >= 0.3 is 0 Å². The van der Waals surface area contributed by atoms with E-state index in [1.807, 2.05) is 27.7 Å². The minimum absolute atomic E-state index is 0.0112. The second-order valence-corrected chi connectivity index (χ2v) is 14.4. The van der Waals surface area contributed by atoms with Crippen molar-refractivity contribution in [3.8, 4) is 16.8 Å². The number of hydrogen-bond donors (Lipinski definition) is 1. The van der Waals surface area contributed by atoms with E-state index in [4.69, 9.17) is 17.3 Å². The van der Waals surface area contributed by atoms with Crippen LogP contribution in [0.2, 0.25) is 5.02 Å². The third kappa shape index (κ3) is 5.86. The zero-order chi connectivity index (χ0) is 34.5. The maximum atomic E-state index is 17.4. The van der Waals surface area contributed by atoms with Gasteiger partial charge in [0, 0.05) is 54.6 Å². The second kappa shape index (κ2) is 12.7. The van der Waals surface area contributed by atoms with Crippen LogP contribution < -0.4 is 16.2 Å². The Balaban J connectivity index is 2.04. The number of hydrogen-bond acceptors (Lipinski definition) is 8. The number of pyridine rings is 1. The number of nitrogens with two attached hydrogens (primary N) is 1. The van der Waals surface area contributed by atoms with Crippen LogP contribution in [0, 0.1) is 11.6 Å². The molecule has 2 aromatic heterocycles. The first-order chi connectivity index (χ1) is 22.1. The Morgan fingerprint density at radius 1 is 1.02 bits per heavy atom. The molecule has 0 spiro atoms. The predicted octanol–water partition coefficient (Wildman–Crippen LogP) is 5.45. The third-order valence-corrected chi connectivity index (χ3v) is 9.64. The first-order valence-corrected chi connectivity index (χ1v) is 17.2. The molecule has 3 heterocycles. The molecule has 4 aromatic rings. The second-order valence-electron chi connectivity index (χ2n) is 12.1. The number of nitrogen functional groups attached to an aromatic ring is 1. The molecule has 5 rings (SSSR count). The maximum Gasteiger partial charge on any atom is 0.276 e. The van der Waals surface area contributed by atoms with Gasteiger partial charge in [0.05, 0.1) is 33.3 Å². The molecule has 2 aromatic carbocycles. The van der Waals surface area contributed by atoms with Crippen molar-refractivity contribution in [2.75, 3.05) is 43.1 Å². The highest BCUT2D eigenvalue weighted by molar-refractivity contribution is 7.90. The number of piperazine rings is 1. The summed E-state index contributed by atoms with van der Waals surface area (Å²) in [6.07, 6.45) is 3.43. The number of sulfone groups is 1. The number of carbonyl (C=O) groups is 1. The van der Waals surface area contributed by atoms with Gasteiger partial charge in [0.25, 0.3) is 5.56 Å². The topological polar surface area (TPSA) is 131 Å². The van der Waals surface area contributed by atoms with E-state index in [1.165, 1.54) is 35.5 Å². The lowest BCUT2D eigenvalue weighted by Crippen LogP contribution is -2.49. The Bertz CT molecular complexity index is 2060. The zero-order valence-electron chi connectivity index (χ0n) is 26.6. The van der Waals surface area contributed by atoms with Crippen molar-refractivity contribution in [1.29, 1.82) is 0 Å². The summed E-state index contributed by atoms with van der Waals surface area (Å²) in [6.45, 7) is 11.4. The predicted molar refractivity (Wildman–Crippen MR) is 180 cm³/mol. The van der Waals surface area contributed by atoms with Crippen molar-refractivity contribution in [2.45, 2.75) is 44.4 Å². The van der Waals surface area contributed by atoms with Gasteiger partial charge in [0.15, 0.2) is 20.5 Å². The van der Waals surface area contributed by atoms with Gasteiger partial charge in [-0.05, 0) is 36.1 Å². The third-order valence-electron chi connectivity index (χ3n) is 8.23. The summed E-state index contributed by atoms with van der Waals surface area (Å²) in [7, 11) is -4.30. The minimum Gasteiger partial charge on any atom is -0.398 e. The van der Waals surface area contributed by atoms with Gasteiger partial charge in [0.2, 0.25) is 5.91 Å². The number of nitrogens with zero attached hydrogens (tertiary/aromatic N) is 5. The standard InChI is InChI=1S/C33H35ClF2N6O4S/c1-7-23(43)40-11-13-41(14-12-40)30-19-15-20(34)24(25-21(35)9-8-10-22(25)37)26(36)29(19)42(33(44)32(30)47(6,45)46)31-27(17(2)3)38-16-39-28(31)18(4)5/h7-10,15-18H,1,11-14,37H2,2-6H3. The number of halogens is 3. The molecule has 0 bridgehead atoms. The number of benzene rings is 2. The van der Waals surface area contributed by atoms with E-state index in [0.29, 0.717) is 11.4 Å². The van der Waals surface area contributed by atoms with E-state index in [-0.39, 0.29) is 82.5 Å². The fourth-order valence-corrected chi connectivity index (χ4v) is 7.38. The monoisotopic (exact) mass is 684 g/mol. The fourth-order valence-electron chi connectivity index (χ4n) is 6.09. The zero-order valence-corrected chi connectivity index (χ0v) is 28.2. The molecule has 1 amide bonds. The minimum atomic E-state index is -4.30. The Hall–Kier alpha value is -4.36. The molecule has 0 unspecified atom stereocenters. The summed E-state index contributed by atoms with van der Waals surface area (Å²) >= 11 is 6.74. The van der Waals surface area contributed by atoms with Crippen LogP contribution in [0.3, 0.4) is 0 Å². The molecule has 1 fully saturated rings. The maximum absolute atomic E-state index is 17.4. The van der Waals surface area contributed by atoms with Crippen molar-refractivity contribution in [3.05, 3.63) is 81.6 Å². The van der Waals surface area contributed by atoms with Gasteiger partial charge in [0.1, 0.15) is 12.1 Å². The van der Waals surface area contributed by atoms with Gasteiger partial charge in [-0.25, -0.2) is 27.2 Å². The molecule has 1 aliphatic heterocycles. The lowest BCUT2D eigenvalue weighted by Gasteiger charge is -2.37. The van der Waals surface area contributed by atoms with Crippen molar-refractivity contribution < 1.29 is 22.0 Å². The van der Waals surface area contributed by atoms with Crippen LogP contribution >= 0.6 is 11.6 Å². The molecule has 0 aliphatic carbocycles. The Labute approximate surface area is 276 Å². The molecule has 0 saturated carbocycles. The average Bonchev–Trinajstić information content (AvgIpc) is 3.00. The van der Waals surface area contributed by atoms with Crippen LogP contribution in [0.25, 0.3) is 27.7 Å². The quantitative estimate of drug-likeness (QED) is 0.201. The SMILES string of the molecule is C=CC(=O)N1CCN(c2c(S(C)(=O)=O)c(=O)n(-c3c(C(C)C)ncnc3C(C)C)c3c(F)c(-c4c(N)cccc4F)c(Cl)cc23)CC1. The van der Waals surface area contributed by atoms with Crippen molar-refractivity contribution in [1.82, 2.24) is 19.4 Å². The summed E-state index contributed by atoms with van der Waals surface area (Å²) in [5, 5.41) is -0.265. The smallest absolute Gasteiger partial charge is 0.276 e. The molecule has 10 nitrogen and oxygen atoms in total. The van der Waals surface area contributed by atoms with E-state index in [2.05, 4.69) is 16.5 Å². The van der Waals surface area contributed by atoms with E-state index in [9.17, 15) is 18.0 Å². The van der Waals surface area contributed by atoms with Gasteiger partial charge in [-0.3, -0.25) is 14.2 Å². The molecule has 47 heavy (non-hydrogen) atoms. The summed E-state index contributed by atoms with van der Waals surface area (Å²) in [4.78, 5) is 38.6. The lowest BCUT2D eigenvalue weighted by atomic mass is 9.97. The van der Waals surface area contributed by atoms with E-state index < -0.39 is 37.5 Å². The number of anilines is 2. The molecular weight excluding hydrogens is 650 g/mol. The summed E-state index contributed by atoms with van der Waals surface area (Å²) in [5.41, 5.74) is 4.76. The number of aromatic nitrogens is 3. The normalized spacial score (nSPS) is 14.0. The molecular formula is C33H35ClF2N6O4S. The van der Waals surface area contributed by atoms with Crippen molar-refractivity contribution in [3.63, 3.8) is 0 Å². The van der Waals surface area contributed by atoms with Crippen molar-refractivity contribution >= 4 is 49.6 Å². The Kier molecular flexibility index (Phi) is 9.17. The van der Waals surface area contributed by atoms with Gasteiger partial charge in [-0.2, -0.15) is 0 Å². The number of carbonyl (C=O) groups excluding carboxylic acids is 1. The summed E-state index contributed by atoms with van der Waals surface area (Å²) in [5.74, 6) is -2.84. The van der Waals surface area contributed by atoms with Crippen LogP contribution in [0.4, 0.5) is 20.2 Å². The number of fused-ring (bicyclic) bond motifs is 1. The molecule has 14 heteroatoms. The van der Waals surface area contributed by atoms with Crippen LogP contribution in [-0.2, 0) is 14.6 Å². The molecule has 248 valence electrons. The Morgan fingerprint density at radius 3 is 2.13 bits per heavy atom. The summed E-state index contributed by atoms with van der Waals surface area (Å²) in [6, 6.07) is 5.21. The van der Waals surface area contributed by atoms with Gasteiger partial charge < -0.3 is 15.5 Å². The van der Waals surface area contributed by atoms with Gasteiger partial charge in [-0.15, -0.1) is 0 Å². The first-order valence-electron chi connectivity index (χ1n) is 15.0. The van der Waals surface area contributed by atoms with Gasteiger partial charge in [-0.1, -0.05) is 51.9 Å². The van der Waals surface area contributed by atoms with E-state index in [1.54, 1.807) is 4.90 Å². The first kappa shape index (κ1) is 34.0. The largest absolute Gasteiger partial charge is 0.398 e. The Morgan fingerprint density at radius 2 is 1.62 bits per heavy atom. The highest BCUT2D eigenvalue weighted by Crippen LogP contribution is 2.44.